The van der Waals surface area contributed by atoms with Crippen LogP contribution in [0.1, 0.15) is 24.8 Å². The fourth-order valence-corrected chi connectivity index (χ4v) is 3.65. The third-order valence-corrected chi connectivity index (χ3v) is 4.66. The Morgan fingerprint density at radius 2 is 2.15 bits per heavy atom. The van der Waals surface area contributed by atoms with Gasteiger partial charge in [0.15, 0.2) is 0 Å². The number of nitrogens with zero attached hydrogens (tertiary/aromatic N) is 3. The van der Waals surface area contributed by atoms with Gasteiger partial charge in [-0.1, -0.05) is 11.6 Å². The highest BCUT2D eigenvalue weighted by Crippen LogP contribution is 2.29. The Labute approximate surface area is 126 Å². The lowest BCUT2D eigenvalue weighted by Gasteiger charge is -2.24. The monoisotopic (exact) mass is 294 g/mol. The van der Waals surface area contributed by atoms with Crippen LogP contribution < -0.4 is 10.2 Å². The van der Waals surface area contributed by atoms with E-state index in [1.165, 1.54) is 32.4 Å². The Balaban J connectivity index is 1.67. The summed E-state index contributed by atoms with van der Waals surface area (Å²) in [6.45, 7) is 5.47. The number of hydrogen-bond donors (Lipinski definition) is 1. The van der Waals surface area contributed by atoms with Crippen molar-refractivity contribution in [3.8, 4) is 0 Å². The van der Waals surface area contributed by atoms with Crippen molar-refractivity contribution < 1.29 is 0 Å². The first-order valence-corrected chi connectivity index (χ1v) is 7.94. The molecule has 0 aromatic carbocycles. The summed E-state index contributed by atoms with van der Waals surface area (Å²) in [5.74, 6) is 0.952. The van der Waals surface area contributed by atoms with Crippen LogP contribution in [-0.2, 0) is 6.54 Å². The van der Waals surface area contributed by atoms with Gasteiger partial charge in [-0.25, -0.2) is 4.98 Å². The molecule has 0 aliphatic carbocycles. The summed E-state index contributed by atoms with van der Waals surface area (Å²) < 4.78 is 0. The SMILES string of the molecule is CNCc1cnc(N2CCC(N3CCCC3)C2)c(Cl)c1. The Hall–Kier alpha value is -0.840. The summed E-state index contributed by atoms with van der Waals surface area (Å²) in [6.07, 6.45) is 5.87. The Kier molecular flexibility index (Phi) is 4.44. The van der Waals surface area contributed by atoms with Gasteiger partial charge in [-0.3, -0.25) is 4.90 Å². The predicted molar refractivity (Wildman–Crippen MR) is 83.4 cm³/mol. The summed E-state index contributed by atoms with van der Waals surface area (Å²) in [6, 6.07) is 2.72. The van der Waals surface area contributed by atoms with Gasteiger partial charge in [0.05, 0.1) is 5.02 Å². The lowest BCUT2D eigenvalue weighted by atomic mass is 10.2. The van der Waals surface area contributed by atoms with Crippen LogP contribution in [0.2, 0.25) is 5.02 Å². The maximum atomic E-state index is 6.41. The normalized spacial score (nSPS) is 23.7. The molecule has 1 unspecified atom stereocenters. The van der Waals surface area contributed by atoms with E-state index in [0.29, 0.717) is 6.04 Å². The summed E-state index contributed by atoms with van der Waals surface area (Å²) in [5.41, 5.74) is 1.14. The van der Waals surface area contributed by atoms with Crippen molar-refractivity contribution in [3.63, 3.8) is 0 Å². The third-order valence-electron chi connectivity index (χ3n) is 4.38. The van der Waals surface area contributed by atoms with Gasteiger partial charge in [-0.15, -0.1) is 0 Å². The van der Waals surface area contributed by atoms with Crippen molar-refractivity contribution >= 4 is 17.4 Å². The first-order valence-electron chi connectivity index (χ1n) is 7.56. The van der Waals surface area contributed by atoms with E-state index in [1.807, 2.05) is 19.3 Å². The standard InChI is InChI=1S/C15H23ClN4/c1-17-9-12-8-14(16)15(18-10-12)20-7-4-13(11-20)19-5-2-3-6-19/h8,10,13,17H,2-7,9,11H2,1H3. The maximum Gasteiger partial charge on any atom is 0.147 e. The molecule has 2 fully saturated rings. The third kappa shape index (κ3) is 2.92. The molecule has 0 amide bonds. The molecule has 2 aliphatic heterocycles. The smallest absolute Gasteiger partial charge is 0.147 e. The first kappa shape index (κ1) is 14.1. The van der Waals surface area contributed by atoms with Crippen LogP contribution in [0.4, 0.5) is 5.82 Å². The Morgan fingerprint density at radius 3 is 2.85 bits per heavy atom. The molecular formula is C15H23ClN4. The second-order valence-electron chi connectivity index (χ2n) is 5.81. The highest BCUT2D eigenvalue weighted by atomic mass is 35.5. The molecule has 1 N–H and O–H groups in total. The molecule has 0 spiro atoms. The van der Waals surface area contributed by atoms with E-state index in [0.717, 1.165) is 36.0 Å². The van der Waals surface area contributed by atoms with Crippen LogP contribution in [0.5, 0.6) is 0 Å². The molecule has 0 radical (unpaired) electrons. The van der Waals surface area contributed by atoms with E-state index in [2.05, 4.69) is 20.1 Å². The van der Waals surface area contributed by atoms with Crippen molar-refractivity contribution in [1.29, 1.82) is 0 Å². The van der Waals surface area contributed by atoms with Crippen LogP contribution in [-0.4, -0.2) is 49.2 Å². The van der Waals surface area contributed by atoms with Crippen LogP contribution in [0.15, 0.2) is 12.3 Å². The summed E-state index contributed by atoms with van der Waals surface area (Å²) in [4.78, 5) is 9.55. The summed E-state index contributed by atoms with van der Waals surface area (Å²) in [5, 5.41) is 3.90. The zero-order chi connectivity index (χ0) is 13.9. The van der Waals surface area contributed by atoms with E-state index in [4.69, 9.17) is 11.6 Å². The molecule has 2 aliphatic rings. The highest BCUT2D eigenvalue weighted by molar-refractivity contribution is 6.33. The van der Waals surface area contributed by atoms with Gasteiger partial charge in [-0.05, 0) is 51.0 Å². The van der Waals surface area contributed by atoms with Crippen LogP contribution in [0.25, 0.3) is 0 Å². The van der Waals surface area contributed by atoms with Crippen molar-refractivity contribution in [2.75, 3.05) is 38.1 Å². The van der Waals surface area contributed by atoms with Crippen molar-refractivity contribution in [3.05, 3.63) is 22.8 Å². The van der Waals surface area contributed by atoms with Gasteiger partial charge in [0.1, 0.15) is 5.82 Å². The van der Waals surface area contributed by atoms with Crippen LogP contribution in [0, 0.1) is 0 Å². The molecule has 110 valence electrons. The van der Waals surface area contributed by atoms with Gasteiger partial charge in [0.2, 0.25) is 0 Å². The second kappa shape index (κ2) is 6.29. The van der Waals surface area contributed by atoms with Gasteiger partial charge in [0.25, 0.3) is 0 Å². The van der Waals surface area contributed by atoms with Crippen LogP contribution >= 0.6 is 11.6 Å². The molecular weight excluding hydrogens is 272 g/mol. The average Bonchev–Trinajstić information content (AvgIpc) is 3.10. The van der Waals surface area contributed by atoms with Crippen LogP contribution in [0.3, 0.4) is 0 Å². The molecule has 3 rings (SSSR count). The topological polar surface area (TPSA) is 31.4 Å². The van der Waals surface area contributed by atoms with Crippen molar-refractivity contribution in [1.82, 2.24) is 15.2 Å². The van der Waals surface area contributed by atoms with E-state index >= 15 is 0 Å². The predicted octanol–water partition coefficient (Wildman–Crippen LogP) is 2.13. The second-order valence-corrected chi connectivity index (χ2v) is 6.22. The van der Waals surface area contributed by atoms with Crippen molar-refractivity contribution in [2.45, 2.75) is 31.8 Å². The van der Waals surface area contributed by atoms with Gasteiger partial charge in [0, 0.05) is 31.9 Å². The highest BCUT2D eigenvalue weighted by Gasteiger charge is 2.30. The summed E-state index contributed by atoms with van der Waals surface area (Å²) >= 11 is 6.41. The molecule has 20 heavy (non-hydrogen) atoms. The quantitative estimate of drug-likeness (QED) is 0.922. The van der Waals surface area contributed by atoms with Gasteiger partial charge in [-0.2, -0.15) is 0 Å². The minimum absolute atomic E-state index is 0.687. The van der Waals surface area contributed by atoms with Gasteiger partial charge >= 0.3 is 0 Å². The number of hydrogen-bond acceptors (Lipinski definition) is 4. The number of nitrogens with one attached hydrogen (secondary N) is 1. The number of likely N-dealkylation sites (tertiary alicyclic amines) is 1. The fraction of sp³-hybridized carbons (Fsp3) is 0.667. The Bertz CT molecular complexity index is 459. The zero-order valence-electron chi connectivity index (χ0n) is 12.1. The summed E-state index contributed by atoms with van der Waals surface area (Å²) in [7, 11) is 1.93. The molecule has 2 saturated heterocycles. The van der Waals surface area contributed by atoms with Crippen molar-refractivity contribution in [2.24, 2.45) is 0 Å². The molecule has 5 heteroatoms. The minimum Gasteiger partial charge on any atom is -0.354 e. The molecule has 0 saturated carbocycles. The van der Waals surface area contributed by atoms with E-state index in [1.54, 1.807) is 0 Å². The van der Waals surface area contributed by atoms with E-state index in [9.17, 15) is 0 Å². The molecule has 4 nitrogen and oxygen atoms in total. The largest absolute Gasteiger partial charge is 0.354 e. The number of aromatic nitrogens is 1. The zero-order valence-corrected chi connectivity index (χ0v) is 12.9. The maximum absolute atomic E-state index is 6.41. The first-order chi connectivity index (χ1) is 9.78. The number of halogens is 1. The molecule has 1 aromatic rings. The lowest BCUT2D eigenvalue weighted by Crippen LogP contribution is -2.35. The van der Waals surface area contributed by atoms with E-state index in [-0.39, 0.29) is 0 Å². The lowest BCUT2D eigenvalue weighted by molar-refractivity contribution is 0.260. The van der Waals surface area contributed by atoms with E-state index < -0.39 is 0 Å². The number of anilines is 1. The molecule has 0 bridgehead atoms. The fourth-order valence-electron chi connectivity index (χ4n) is 3.34. The number of rotatable bonds is 4. The minimum atomic E-state index is 0.687. The Morgan fingerprint density at radius 1 is 1.35 bits per heavy atom. The average molecular weight is 295 g/mol. The number of pyridine rings is 1. The van der Waals surface area contributed by atoms with Gasteiger partial charge < -0.3 is 10.2 Å². The molecule has 1 atom stereocenters. The molecule has 1 aromatic heterocycles. The molecule has 3 heterocycles.